The van der Waals surface area contributed by atoms with E-state index in [-0.39, 0.29) is 5.69 Å². The third-order valence-corrected chi connectivity index (χ3v) is 3.04. The first kappa shape index (κ1) is 9.42. The number of para-hydroxylation sites is 1. The van der Waals surface area contributed by atoms with E-state index in [0.717, 1.165) is 24.1 Å². The number of imidazole rings is 1. The van der Waals surface area contributed by atoms with Gasteiger partial charge >= 0.3 is 5.69 Å². The summed E-state index contributed by atoms with van der Waals surface area (Å²) in [6.07, 6.45) is 4.80. The van der Waals surface area contributed by atoms with Crippen LogP contribution in [0.1, 0.15) is 18.4 Å². The fraction of sp³-hybridized carbons (Fsp3) is 0.250. The van der Waals surface area contributed by atoms with Crippen molar-refractivity contribution in [2.75, 3.05) is 0 Å². The number of aliphatic hydroxyl groups is 1. The van der Waals surface area contributed by atoms with Crippen LogP contribution in [-0.2, 0) is 5.60 Å². The van der Waals surface area contributed by atoms with Crippen molar-refractivity contribution in [3.63, 3.8) is 0 Å². The van der Waals surface area contributed by atoms with Gasteiger partial charge in [-0.2, -0.15) is 0 Å². The molecule has 0 spiro atoms. The van der Waals surface area contributed by atoms with E-state index in [9.17, 15) is 9.90 Å². The number of H-pyrrole nitrogens is 1. The Morgan fingerprint density at radius 2 is 2.06 bits per heavy atom. The smallest absolute Gasteiger partial charge is 0.330 e. The van der Waals surface area contributed by atoms with Crippen molar-refractivity contribution in [3.8, 4) is 5.69 Å². The molecule has 4 heteroatoms. The number of hydrogen-bond acceptors (Lipinski definition) is 2. The Balaban J connectivity index is 2.21. The van der Waals surface area contributed by atoms with Crippen molar-refractivity contribution in [1.29, 1.82) is 0 Å². The monoisotopic (exact) mass is 216 g/mol. The van der Waals surface area contributed by atoms with Gasteiger partial charge in [0.2, 0.25) is 0 Å². The molecule has 0 aliphatic heterocycles. The number of benzene rings is 1. The molecule has 1 aromatic carbocycles. The van der Waals surface area contributed by atoms with E-state index in [1.807, 2.05) is 24.3 Å². The molecule has 2 N–H and O–H groups in total. The zero-order chi connectivity index (χ0) is 11.2. The van der Waals surface area contributed by atoms with E-state index in [1.165, 1.54) is 4.57 Å². The maximum atomic E-state index is 11.5. The van der Waals surface area contributed by atoms with Crippen LogP contribution in [0.4, 0.5) is 0 Å². The third kappa shape index (κ3) is 1.31. The van der Waals surface area contributed by atoms with Crippen molar-refractivity contribution in [2.24, 2.45) is 0 Å². The summed E-state index contributed by atoms with van der Waals surface area (Å²) in [5, 5.41) is 10.1. The van der Waals surface area contributed by atoms with Gasteiger partial charge in [0.05, 0.1) is 11.3 Å². The van der Waals surface area contributed by atoms with E-state index in [2.05, 4.69) is 4.98 Å². The third-order valence-electron chi connectivity index (χ3n) is 3.04. The Bertz CT molecular complexity index is 578. The molecule has 0 radical (unpaired) electrons. The van der Waals surface area contributed by atoms with E-state index in [0.29, 0.717) is 0 Å². The molecular formula is C12H12N2O2. The lowest BCUT2D eigenvalue weighted by molar-refractivity contribution is 0.151. The maximum absolute atomic E-state index is 11.5. The number of hydrogen-bond donors (Lipinski definition) is 2. The Labute approximate surface area is 92.2 Å². The Hall–Kier alpha value is -1.81. The summed E-state index contributed by atoms with van der Waals surface area (Å²) in [6, 6.07) is 7.47. The highest BCUT2D eigenvalue weighted by Gasteiger charge is 2.43. The minimum Gasteiger partial charge on any atom is -0.385 e. The molecule has 16 heavy (non-hydrogen) atoms. The second kappa shape index (κ2) is 3.09. The van der Waals surface area contributed by atoms with Gasteiger partial charge in [-0.15, -0.1) is 0 Å². The van der Waals surface area contributed by atoms with Gasteiger partial charge in [-0.25, -0.2) is 4.79 Å². The van der Waals surface area contributed by atoms with Crippen LogP contribution in [-0.4, -0.2) is 14.7 Å². The van der Waals surface area contributed by atoms with Crippen molar-refractivity contribution >= 4 is 0 Å². The quantitative estimate of drug-likeness (QED) is 0.791. The first-order valence-electron chi connectivity index (χ1n) is 5.29. The van der Waals surface area contributed by atoms with Crippen LogP contribution < -0.4 is 5.69 Å². The van der Waals surface area contributed by atoms with Crippen LogP contribution in [0.15, 0.2) is 41.5 Å². The summed E-state index contributed by atoms with van der Waals surface area (Å²) in [5.74, 6) is 0. The Morgan fingerprint density at radius 3 is 2.69 bits per heavy atom. The second-order valence-corrected chi connectivity index (χ2v) is 4.18. The van der Waals surface area contributed by atoms with Crippen LogP contribution in [0.3, 0.4) is 0 Å². The number of nitrogens with one attached hydrogen (secondary N) is 1. The first-order chi connectivity index (χ1) is 7.71. The summed E-state index contributed by atoms with van der Waals surface area (Å²) in [6.45, 7) is 0. The zero-order valence-electron chi connectivity index (χ0n) is 8.68. The zero-order valence-corrected chi connectivity index (χ0v) is 8.68. The van der Waals surface area contributed by atoms with Crippen LogP contribution in [0.5, 0.6) is 0 Å². The topological polar surface area (TPSA) is 58.0 Å². The standard InChI is InChI=1S/C12H12N2O2/c15-11-13-7-8-14(11)10-4-2-1-3-9(10)12(16)5-6-12/h1-4,7-8,16H,5-6H2,(H,13,15). The fourth-order valence-corrected chi connectivity index (χ4v) is 1.97. The first-order valence-corrected chi connectivity index (χ1v) is 5.29. The van der Waals surface area contributed by atoms with Gasteiger partial charge in [-0.1, -0.05) is 18.2 Å². The van der Waals surface area contributed by atoms with Gasteiger partial charge in [0.25, 0.3) is 0 Å². The molecule has 2 aromatic rings. The molecule has 1 aliphatic carbocycles. The number of aromatic nitrogens is 2. The largest absolute Gasteiger partial charge is 0.385 e. The van der Waals surface area contributed by atoms with E-state index in [4.69, 9.17) is 0 Å². The average Bonchev–Trinajstić information content (AvgIpc) is 2.89. The summed E-state index contributed by atoms with van der Waals surface area (Å²) in [4.78, 5) is 14.1. The van der Waals surface area contributed by atoms with Gasteiger partial charge in [0.15, 0.2) is 0 Å². The van der Waals surface area contributed by atoms with Crippen molar-refractivity contribution in [3.05, 3.63) is 52.7 Å². The minimum absolute atomic E-state index is 0.184. The lowest BCUT2D eigenvalue weighted by atomic mass is 10.1. The minimum atomic E-state index is -0.729. The van der Waals surface area contributed by atoms with Crippen LogP contribution in [0.2, 0.25) is 0 Å². The van der Waals surface area contributed by atoms with Crippen molar-refractivity contribution in [2.45, 2.75) is 18.4 Å². The van der Waals surface area contributed by atoms with Crippen LogP contribution >= 0.6 is 0 Å². The fourth-order valence-electron chi connectivity index (χ4n) is 1.97. The van der Waals surface area contributed by atoms with Crippen molar-refractivity contribution < 1.29 is 5.11 Å². The predicted molar refractivity (Wildman–Crippen MR) is 59.5 cm³/mol. The molecule has 1 heterocycles. The Morgan fingerprint density at radius 1 is 1.31 bits per heavy atom. The van der Waals surface area contributed by atoms with E-state index in [1.54, 1.807) is 12.4 Å². The molecule has 1 aromatic heterocycles. The molecule has 1 aliphatic rings. The number of rotatable bonds is 2. The van der Waals surface area contributed by atoms with Crippen LogP contribution in [0, 0.1) is 0 Å². The average molecular weight is 216 g/mol. The van der Waals surface area contributed by atoms with Gasteiger partial charge in [0.1, 0.15) is 0 Å². The SMILES string of the molecule is O=c1[nH]ccn1-c1ccccc1C1(O)CC1. The summed E-state index contributed by atoms with van der Waals surface area (Å²) >= 11 is 0. The molecule has 0 unspecified atom stereocenters. The summed E-state index contributed by atoms with van der Waals surface area (Å²) in [5.41, 5.74) is 0.676. The number of aromatic amines is 1. The van der Waals surface area contributed by atoms with Crippen LogP contribution in [0.25, 0.3) is 5.69 Å². The highest BCUT2D eigenvalue weighted by molar-refractivity contribution is 5.46. The Kier molecular flexibility index (Phi) is 1.82. The number of nitrogens with zero attached hydrogens (tertiary/aromatic N) is 1. The molecule has 4 nitrogen and oxygen atoms in total. The molecule has 0 atom stereocenters. The van der Waals surface area contributed by atoms with E-state index < -0.39 is 5.60 Å². The molecule has 0 bridgehead atoms. The molecule has 1 fully saturated rings. The summed E-state index contributed by atoms with van der Waals surface area (Å²) < 4.78 is 1.52. The normalized spacial score (nSPS) is 17.3. The summed E-state index contributed by atoms with van der Waals surface area (Å²) in [7, 11) is 0. The van der Waals surface area contributed by atoms with Gasteiger partial charge in [-0.05, 0) is 18.9 Å². The molecule has 3 rings (SSSR count). The highest BCUT2D eigenvalue weighted by atomic mass is 16.3. The second-order valence-electron chi connectivity index (χ2n) is 4.18. The lowest BCUT2D eigenvalue weighted by Gasteiger charge is -2.13. The molecule has 82 valence electrons. The van der Waals surface area contributed by atoms with Crippen molar-refractivity contribution in [1.82, 2.24) is 9.55 Å². The molecular weight excluding hydrogens is 204 g/mol. The molecule has 0 saturated heterocycles. The van der Waals surface area contributed by atoms with E-state index >= 15 is 0 Å². The van der Waals surface area contributed by atoms with Gasteiger partial charge in [0, 0.05) is 18.0 Å². The predicted octanol–water partition coefficient (Wildman–Crippen LogP) is 1.15. The maximum Gasteiger partial charge on any atom is 0.330 e. The van der Waals surface area contributed by atoms with Gasteiger partial charge < -0.3 is 10.1 Å². The highest BCUT2D eigenvalue weighted by Crippen LogP contribution is 2.47. The molecule has 1 saturated carbocycles. The molecule has 0 amide bonds. The lowest BCUT2D eigenvalue weighted by Crippen LogP contribution is -2.18. The van der Waals surface area contributed by atoms with Gasteiger partial charge in [-0.3, -0.25) is 4.57 Å².